The van der Waals surface area contributed by atoms with Gasteiger partial charge in [0.2, 0.25) is 0 Å². The molecule has 0 fully saturated rings. The van der Waals surface area contributed by atoms with Crippen molar-refractivity contribution in [2.75, 3.05) is 6.26 Å². The minimum atomic E-state index is -3.71. The standard InChI is InChI=1S/C18H14F2O6S/c1-18(19,20)25-12-5-3-11(4-6-12)15-10-24-16-9-13(26-27(2,22)23)7-8-14(16)17(15)21/h3-10H,1-2H3. The summed E-state index contributed by atoms with van der Waals surface area (Å²) >= 11 is 0. The maximum atomic E-state index is 12.9. The van der Waals surface area contributed by atoms with Crippen LogP contribution in [-0.2, 0) is 10.1 Å². The van der Waals surface area contributed by atoms with Gasteiger partial charge in [0.05, 0.1) is 17.2 Å². The Morgan fingerprint density at radius 2 is 1.67 bits per heavy atom. The van der Waals surface area contributed by atoms with Crippen molar-refractivity contribution in [3.63, 3.8) is 0 Å². The van der Waals surface area contributed by atoms with E-state index in [1.54, 1.807) is 0 Å². The highest BCUT2D eigenvalue weighted by atomic mass is 32.2. The van der Waals surface area contributed by atoms with Crippen LogP contribution in [0.15, 0.2) is 57.9 Å². The van der Waals surface area contributed by atoms with Crippen LogP contribution in [-0.4, -0.2) is 20.8 Å². The Hall–Kier alpha value is -2.94. The highest BCUT2D eigenvalue weighted by Crippen LogP contribution is 2.26. The van der Waals surface area contributed by atoms with E-state index >= 15 is 0 Å². The van der Waals surface area contributed by atoms with Gasteiger partial charge in [-0.2, -0.15) is 17.2 Å². The van der Waals surface area contributed by atoms with Gasteiger partial charge >= 0.3 is 16.2 Å². The van der Waals surface area contributed by atoms with Crippen LogP contribution in [0.2, 0.25) is 0 Å². The fourth-order valence-corrected chi connectivity index (χ4v) is 2.90. The van der Waals surface area contributed by atoms with Gasteiger partial charge in [-0.1, -0.05) is 12.1 Å². The quantitative estimate of drug-likeness (QED) is 0.610. The van der Waals surface area contributed by atoms with Gasteiger partial charge in [0.25, 0.3) is 0 Å². The second-order valence-corrected chi connectivity index (χ2v) is 7.43. The molecule has 3 aromatic rings. The number of ether oxygens (including phenoxy) is 1. The first-order chi connectivity index (χ1) is 12.5. The summed E-state index contributed by atoms with van der Waals surface area (Å²) in [5, 5.41) is 0.216. The molecule has 0 radical (unpaired) electrons. The van der Waals surface area contributed by atoms with Crippen molar-refractivity contribution in [1.82, 2.24) is 0 Å². The lowest BCUT2D eigenvalue weighted by atomic mass is 10.1. The van der Waals surface area contributed by atoms with Crippen LogP contribution < -0.4 is 14.3 Å². The molecule has 27 heavy (non-hydrogen) atoms. The van der Waals surface area contributed by atoms with E-state index in [4.69, 9.17) is 8.60 Å². The predicted molar refractivity (Wildman–Crippen MR) is 94.6 cm³/mol. The number of hydrogen-bond acceptors (Lipinski definition) is 6. The van der Waals surface area contributed by atoms with Crippen LogP contribution >= 0.6 is 0 Å². The highest BCUT2D eigenvalue weighted by molar-refractivity contribution is 7.86. The number of hydrogen-bond donors (Lipinski definition) is 0. The molecule has 0 unspecified atom stereocenters. The molecule has 6 nitrogen and oxygen atoms in total. The Balaban J connectivity index is 1.97. The van der Waals surface area contributed by atoms with Crippen molar-refractivity contribution in [2.24, 2.45) is 0 Å². The lowest BCUT2D eigenvalue weighted by Crippen LogP contribution is -2.18. The Bertz CT molecular complexity index is 1150. The summed E-state index contributed by atoms with van der Waals surface area (Å²) in [5.74, 6) is -0.0260. The van der Waals surface area contributed by atoms with Gasteiger partial charge in [-0.25, -0.2) is 0 Å². The lowest BCUT2D eigenvalue weighted by Gasteiger charge is -2.13. The maximum Gasteiger partial charge on any atom is 0.394 e. The van der Waals surface area contributed by atoms with Crippen molar-refractivity contribution in [2.45, 2.75) is 13.0 Å². The van der Waals surface area contributed by atoms with Gasteiger partial charge in [-0.15, -0.1) is 0 Å². The molecule has 142 valence electrons. The van der Waals surface area contributed by atoms with Crippen LogP contribution in [0.1, 0.15) is 6.92 Å². The summed E-state index contributed by atoms with van der Waals surface area (Å²) in [5.41, 5.74) is 0.454. The summed E-state index contributed by atoms with van der Waals surface area (Å²) in [6, 6.07) is 9.58. The molecule has 3 rings (SSSR count). The number of fused-ring (bicyclic) bond motifs is 1. The first kappa shape index (κ1) is 18.8. The molecular formula is C18H14F2O6S. The summed E-state index contributed by atoms with van der Waals surface area (Å²) in [6.45, 7) is 0.626. The van der Waals surface area contributed by atoms with Gasteiger partial charge < -0.3 is 13.3 Å². The lowest BCUT2D eigenvalue weighted by molar-refractivity contribution is -0.158. The normalized spacial score (nSPS) is 12.1. The monoisotopic (exact) mass is 396 g/mol. The molecule has 0 aliphatic heterocycles. The third kappa shape index (κ3) is 4.62. The fourth-order valence-electron chi connectivity index (χ4n) is 2.44. The molecule has 0 amide bonds. The van der Waals surface area contributed by atoms with E-state index in [0.717, 1.165) is 6.26 Å². The summed E-state index contributed by atoms with van der Waals surface area (Å²) in [7, 11) is -3.71. The van der Waals surface area contributed by atoms with Crippen LogP contribution in [0.3, 0.4) is 0 Å². The molecule has 0 saturated heterocycles. The average molecular weight is 396 g/mol. The molecule has 2 aromatic carbocycles. The van der Waals surface area contributed by atoms with Gasteiger partial charge in [0.15, 0.2) is 5.43 Å². The predicted octanol–water partition coefficient (Wildman–Crippen LogP) is 3.79. The van der Waals surface area contributed by atoms with Crippen molar-refractivity contribution in [1.29, 1.82) is 0 Å². The average Bonchev–Trinajstić information content (AvgIpc) is 2.53. The first-order valence-electron chi connectivity index (χ1n) is 7.64. The molecule has 1 aromatic heterocycles. The van der Waals surface area contributed by atoms with E-state index in [1.807, 2.05) is 0 Å². The SMILES string of the molecule is CC(F)(F)Oc1ccc(-c2coc3cc(OS(C)(=O)=O)ccc3c2=O)cc1. The molecule has 0 atom stereocenters. The molecule has 0 saturated carbocycles. The minimum absolute atomic E-state index is 0.0166. The molecule has 0 bridgehead atoms. The number of rotatable bonds is 5. The van der Waals surface area contributed by atoms with Gasteiger partial charge in [0, 0.05) is 13.0 Å². The highest BCUT2D eigenvalue weighted by Gasteiger charge is 2.23. The zero-order valence-electron chi connectivity index (χ0n) is 14.2. The van der Waals surface area contributed by atoms with E-state index in [0.29, 0.717) is 12.5 Å². The molecular weight excluding hydrogens is 382 g/mol. The van der Waals surface area contributed by atoms with Crippen molar-refractivity contribution in [3.05, 3.63) is 59.0 Å². The Morgan fingerprint density at radius 3 is 2.26 bits per heavy atom. The van der Waals surface area contributed by atoms with Crippen LogP contribution in [0.5, 0.6) is 11.5 Å². The van der Waals surface area contributed by atoms with Crippen molar-refractivity contribution >= 4 is 21.1 Å². The van der Waals surface area contributed by atoms with Gasteiger partial charge in [-0.3, -0.25) is 4.79 Å². The smallest absolute Gasteiger partial charge is 0.394 e. The van der Waals surface area contributed by atoms with Crippen LogP contribution in [0.25, 0.3) is 22.1 Å². The molecule has 1 heterocycles. The Morgan fingerprint density at radius 1 is 1.04 bits per heavy atom. The second kappa shape index (κ2) is 6.66. The molecule has 0 aliphatic carbocycles. The molecule has 9 heteroatoms. The third-order valence-electron chi connectivity index (χ3n) is 3.46. The summed E-state index contributed by atoms with van der Waals surface area (Å²) in [6.07, 6.45) is -1.20. The fraction of sp³-hybridized carbons (Fsp3) is 0.167. The van der Waals surface area contributed by atoms with Crippen molar-refractivity contribution < 1.29 is 30.5 Å². The van der Waals surface area contributed by atoms with E-state index in [2.05, 4.69) is 4.74 Å². The summed E-state index contributed by atoms with van der Waals surface area (Å²) < 4.78 is 62.7. The minimum Gasteiger partial charge on any atom is -0.463 e. The largest absolute Gasteiger partial charge is 0.463 e. The number of alkyl halides is 2. The number of benzene rings is 2. The van der Waals surface area contributed by atoms with E-state index in [-0.39, 0.29) is 33.5 Å². The Labute approximate surface area is 153 Å². The van der Waals surface area contributed by atoms with Crippen LogP contribution in [0, 0.1) is 0 Å². The van der Waals surface area contributed by atoms with Gasteiger partial charge in [-0.05, 0) is 29.8 Å². The number of halogens is 2. The molecule has 0 spiro atoms. The molecule has 0 aliphatic rings. The van der Waals surface area contributed by atoms with Gasteiger partial charge in [0.1, 0.15) is 23.3 Å². The van der Waals surface area contributed by atoms with Crippen molar-refractivity contribution in [3.8, 4) is 22.6 Å². The summed E-state index contributed by atoms with van der Waals surface area (Å²) in [4.78, 5) is 12.7. The van der Waals surface area contributed by atoms with E-state index in [9.17, 15) is 22.0 Å². The van der Waals surface area contributed by atoms with Crippen LogP contribution in [0.4, 0.5) is 8.78 Å². The molecule has 0 N–H and O–H groups in total. The van der Waals surface area contributed by atoms with E-state index in [1.165, 1.54) is 48.7 Å². The Kier molecular flexibility index (Phi) is 4.64. The topological polar surface area (TPSA) is 82.8 Å². The first-order valence-corrected chi connectivity index (χ1v) is 9.46. The zero-order valence-corrected chi connectivity index (χ0v) is 15.0. The maximum absolute atomic E-state index is 12.9. The zero-order chi connectivity index (χ0) is 19.8. The second-order valence-electron chi connectivity index (χ2n) is 5.86. The third-order valence-corrected chi connectivity index (χ3v) is 3.95. The van der Waals surface area contributed by atoms with E-state index < -0.39 is 16.2 Å².